The van der Waals surface area contributed by atoms with E-state index in [1.165, 1.54) is 6.08 Å². The topological polar surface area (TPSA) is 60.2 Å². The van der Waals surface area contributed by atoms with Crippen LogP contribution in [-0.4, -0.2) is 11.6 Å². The van der Waals surface area contributed by atoms with E-state index in [1.54, 1.807) is 0 Å². The maximum atomic E-state index is 10.5. The second kappa shape index (κ2) is 3.31. The predicted molar refractivity (Wildman–Crippen MR) is 41.7 cm³/mol. The molecular weight excluding hydrogens is 198 g/mol. The lowest BCUT2D eigenvalue weighted by molar-refractivity contribution is -0.114. The molecule has 3 nitrogen and oxygen atoms in total. The van der Waals surface area contributed by atoms with E-state index < -0.39 is 0 Å². The Morgan fingerprint density at radius 1 is 1.20 bits per heavy atom. The van der Waals surface area contributed by atoms with Gasteiger partial charge in [0, 0.05) is 6.08 Å². The standard InChI is InChI=1S/C6H5NO2.BrH/c7-5-3-4(8)1-2-6(5)9;/h1-3H,7H2;1H. The zero-order valence-electron chi connectivity index (χ0n) is 5.03. The smallest absolute Gasteiger partial charge is 0.201 e. The summed E-state index contributed by atoms with van der Waals surface area (Å²) in [5.41, 5.74) is 5.12. The van der Waals surface area contributed by atoms with Crippen LogP contribution in [0.5, 0.6) is 0 Å². The number of rotatable bonds is 0. The average Bonchev–Trinajstić information content (AvgIpc) is 1.80. The van der Waals surface area contributed by atoms with Gasteiger partial charge in [-0.3, -0.25) is 9.59 Å². The molecule has 0 spiro atoms. The number of allylic oxidation sites excluding steroid dienone is 3. The summed E-state index contributed by atoms with van der Waals surface area (Å²) in [5, 5.41) is 0. The minimum atomic E-state index is -0.297. The van der Waals surface area contributed by atoms with E-state index in [2.05, 4.69) is 0 Å². The molecule has 10 heavy (non-hydrogen) atoms. The summed E-state index contributed by atoms with van der Waals surface area (Å²) in [5.74, 6) is -0.526. The van der Waals surface area contributed by atoms with E-state index in [-0.39, 0.29) is 34.2 Å². The minimum absolute atomic E-state index is 0. The molecule has 0 aromatic rings. The van der Waals surface area contributed by atoms with Gasteiger partial charge in [0.2, 0.25) is 5.78 Å². The van der Waals surface area contributed by atoms with Crippen LogP contribution >= 0.6 is 17.0 Å². The Balaban J connectivity index is 0.000000810. The number of hydrogen-bond donors (Lipinski definition) is 1. The van der Waals surface area contributed by atoms with Crippen molar-refractivity contribution in [3.8, 4) is 0 Å². The fourth-order valence-corrected chi connectivity index (χ4v) is 0.527. The Labute approximate surface area is 68.4 Å². The van der Waals surface area contributed by atoms with E-state index in [1.807, 2.05) is 0 Å². The van der Waals surface area contributed by atoms with Crippen LogP contribution in [0, 0.1) is 0 Å². The van der Waals surface area contributed by atoms with Crippen molar-refractivity contribution in [3.05, 3.63) is 23.9 Å². The van der Waals surface area contributed by atoms with Gasteiger partial charge < -0.3 is 5.73 Å². The summed E-state index contributed by atoms with van der Waals surface area (Å²) >= 11 is 0. The summed E-state index contributed by atoms with van der Waals surface area (Å²) in [6.45, 7) is 0. The van der Waals surface area contributed by atoms with E-state index in [4.69, 9.17) is 5.73 Å². The summed E-state index contributed by atoms with van der Waals surface area (Å²) in [7, 11) is 0. The largest absolute Gasteiger partial charge is 0.395 e. The number of hydrogen-bond acceptors (Lipinski definition) is 3. The molecule has 0 heterocycles. The molecule has 1 aliphatic carbocycles. The van der Waals surface area contributed by atoms with Gasteiger partial charge in [-0.25, -0.2) is 0 Å². The summed E-state index contributed by atoms with van der Waals surface area (Å²) in [6.07, 6.45) is 3.47. The van der Waals surface area contributed by atoms with Gasteiger partial charge in [0.1, 0.15) is 0 Å². The van der Waals surface area contributed by atoms with Crippen LogP contribution in [0.25, 0.3) is 0 Å². The number of carbonyl (C=O) groups is 2. The summed E-state index contributed by atoms with van der Waals surface area (Å²) in [6, 6.07) is 0. The van der Waals surface area contributed by atoms with Crippen molar-refractivity contribution in [2.75, 3.05) is 0 Å². The van der Waals surface area contributed by atoms with E-state index in [0.717, 1.165) is 12.2 Å². The molecule has 2 N–H and O–H groups in total. The molecule has 4 heteroatoms. The average molecular weight is 204 g/mol. The van der Waals surface area contributed by atoms with Crippen molar-refractivity contribution in [1.82, 2.24) is 0 Å². The van der Waals surface area contributed by atoms with Crippen molar-refractivity contribution in [1.29, 1.82) is 0 Å². The first kappa shape index (κ1) is 9.10. The molecule has 0 bridgehead atoms. The first-order valence-electron chi connectivity index (χ1n) is 2.43. The lowest BCUT2D eigenvalue weighted by Gasteiger charge is -1.96. The van der Waals surface area contributed by atoms with Gasteiger partial charge in [-0.2, -0.15) is 0 Å². The molecule has 0 amide bonds. The summed E-state index contributed by atoms with van der Waals surface area (Å²) in [4.78, 5) is 20.9. The van der Waals surface area contributed by atoms with Gasteiger partial charge in [0.05, 0.1) is 5.70 Å². The number of ketones is 2. The summed E-state index contributed by atoms with van der Waals surface area (Å²) < 4.78 is 0. The fourth-order valence-electron chi connectivity index (χ4n) is 0.527. The third kappa shape index (κ3) is 1.80. The lowest BCUT2D eigenvalue weighted by Crippen LogP contribution is -2.14. The van der Waals surface area contributed by atoms with Crippen LogP contribution in [0.3, 0.4) is 0 Å². The predicted octanol–water partition coefficient (Wildman–Crippen LogP) is 0.115. The normalized spacial score (nSPS) is 16.2. The molecule has 0 saturated carbocycles. The van der Waals surface area contributed by atoms with Gasteiger partial charge in [0.25, 0.3) is 0 Å². The van der Waals surface area contributed by atoms with Gasteiger partial charge >= 0.3 is 0 Å². The highest BCUT2D eigenvalue weighted by Crippen LogP contribution is 1.97. The van der Waals surface area contributed by atoms with Crippen LogP contribution in [0.2, 0.25) is 0 Å². The zero-order valence-corrected chi connectivity index (χ0v) is 6.75. The quantitative estimate of drug-likeness (QED) is 0.570. The van der Waals surface area contributed by atoms with Crippen LogP contribution in [0.15, 0.2) is 23.9 Å². The second-order valence-corrected chi connectivity index (χ2v) is 1.70. The van der Waals surface area contributed by atoms with E-state index >= 15 is 0 Å². The lowest BCUT2D eigenvalue weighted by atomic mass is 10.1. The Morgan fingerprint density at radius 2 is 1.80 bits per heavy atom. The third-order valence-corrected chi connectivity index (χ3v) is 0.981. The minimum Gasteiger partial charge on any atom is -0.395 e. The molecule has 0 atom stereocenters. The highest BCUT2D eigenvalue weighted by molar-refractivity contribution is 8.93. The first-order chi connectivity index (χ1) is 4.20. The fraction of sp³-hybridized carbons (Fsp3) is 0. The van der Waals surface area contributed by atoms with E-state index in [0.29, 0.717) is 0 Å². The van der Waals surface area contributed by atoms with Gasteiger partial charge in [0.15, 0.2) is 5.78 Å². The monoisotopic (exact) mass is 203 g/mol. The van der Waals surface area contributed by atoms with Gasteiger partial charge in [-0.1, -0.05) is 0 Å². The first-order valence-corrected chi connectivity index (χ1v) is 2.43. The van der Waals surface area contributed by atoms with Gasteiger partial charge in [-0.05, 0) is 12.2 Å². The molecular formula is C6H6BrNO2. The highest BCUT2D eigenvalue weighted by atomic mass is 79.9. The van der Waals surface area contributed by atoms with Crippen molar-refractivity contribution >= 4 is 28.5 Å². The van der Waals surface area contributed by atoms with Crippen molar-refractivity contribution in [2.45, 2.75) is 0 Å². The Bertz CT molecular complexity index is 230. The highest BCUT2D eigenvalue weighted by Gasteiger charge is 2.07. The molecule has 0 aromatic carbocycles. The number of nitrogens with two attached hydrogens (primary N) is 1. The number of halogens is 1. The molecule has 0 aromatic heterocycles. The SMILES string of the molecule is Br.NC1=CC(=O)C=CC1=O. The molecule has 0 unspecified atom stereocenters. The van der Waals surface area contributed by atoms with Crippen LogP contribution < -0.4 is 5.73 Å². The van der Waals surface area contributed by atoms with Crippen LogP contribution in [-0.2, 0) is 9.59 Å². The Morgan fingerprint density at radius 3 is 2.20 bits per heavy atom. The molecule has 0 radical (unpaired) electrons. The van der Waals surface area contributed by atoms with Crippen molar-refractivity contribution in [3.63, 3.8) is 0 Å². The zero-order chi connectivity index (χ0) is 6.85. The van der Waals surface area contributed by atoms with Crippen LogP contribution in [0.4, 0.5) is 0 Å². The Hall–Kier alpha value is -0.900. The van der Waals surface area contributed by atoms with Crippen molar-refractivity contribution in [2.24, 2.45) is 5.73 Å². The van der Waals surface area contributed by atoms with Gasteiger partial charge in [-0.15, -0.1) is 17.0 Å². The Kier molecular flexibility index (Phi) is 3.02. The van der Waals surface area contributed by atoms with Crippen LogP contribution in [0.1, 0.15) is 0 Å². The number of carbonyl (C=O) groups excluding carboxylic acids is 2. The maximum Gasteiger partial charge on any atom is 0.201 e. The molecule has 0 aliphatic heterocycles. The molecule has 54 valence electrons. The van der Waals surface area contributed by atoms with E-state index in [9.17, 15) is 9.59 Å². The molecule has 1 aliphatic rings. The molecule has 0 saturated heterocycles. The molecule has 1 rings (SSSR count). The maximum absolute atomic E-state index is 10.5. The van der Waals surface area contributed by atoms with Crippen molar-refractivity contribution < 1.29 is 9.59 Å². The second-order valence-electron chi connectivity index (χ2n) is 1.70. The molecule has 0 fully saturated rings. The third-order valence-electron chi connectivity index (χ3n) is 0.981.